The van der Waals surface area contributed by atoms with Crippen molar-refractivity contribution in [3.8, 4) is 0 Å². The van der Waals surface area contributed by atoms with Crippen molar-refractivity contribution in [3.63, 3.8) is 0 Å². The van der Waals surface area contributed by atoms with Crippen molar-refractivity contribution in [2.45, 2.75) is 86.7 Å². The second kappa shape index (κ2) is 7.03. The molecule has 3 heteroatoms. The Morgan fingerprint density at radius 3 is 2.42 bits per heavy atom. The molecule has 0 radical (unpaired) electrons. The van der Waals surface area contributed by atoms with Crippen LogP contribution in [0.4, 0.5) is 0 Å². The third-order valence-electron chi connectivity index (χ3n) is 4.72. The van der Waals surface area contributed by atoms with E-state index < -0.39 is 16.4 Å². The number of hydrogen-bond acceptors (Lipinski definition) is 2. The normalized spacial score (nSPS) is 38.1. The van der Waals surface area contributed by atoms with Crippen LogP contribution in [0.2, 0.25) is 0 Å². The Hall–Kier alpha value is -0.150. The van der Waals surface area contributed by atoms with E-state index >= 15 is 0 Å². The Labute approximate surface area is 120 Å². The summed E-state index contributed by atoms with van der Waals surface area (Å²) in [6.45, 7) is 3.73. The van der Waals surface area contributed by atoms with Crippen molar-refractivity contribution < 1.29 is 9.32 Å². The number of fused-ring (bicyclic) bond motifs is 2. The molecular weight excluding hydrogens is 256 g/mol. The quantitative estimate of drug-likeness (QED) is 0.571. The number of allylic oxidation sites excluding steroid dienone is 1. The van der Waals surface area contributed by atoms with Gasteiger partial charge in [-0.3, -0.25) is 4.21 Å². The lowest BCUT2D eigenvalue weighted by Gasteiger charge is -2.43. The van der Waals surface area contributed by atoms with Gasteiger partial charge in [0.1, 0.15) is 0 Å². The minimum absolute atomic E-state index is 0.276. The van der Waals surface area contributed by atoms with Gasteiger partial charge in [0, 0.05) is 21.3 Å². The Kier molecular flexibility index (Phi) is 5.64. The van der Waals surface area contributed by atoms with Gasteiger partial charge in [-0.15, -0.1) is 6.58 Å². The average Bonchev–Trinajstić information content (AvgIpc) is 2.36. The van der Waals surface area contributed by atoms with Crippen molar-refractivity contribution in [1.82, 2.24) is 0 Å². The Morgan fingerprint density at radius 2 is 1.79 bits per heavy atom. The van der Waals surface area contributed by atoms with Crippen LogP contribution in [0, 0.1) is 0 Å². The molecule has 2 aliphatic heterocycles. The first kappa shape index (κ1) is 15.2. The molecule has 2 unspecified atom stereocenters. The van der Waals surface area contributed by atoms with Crippen LogP contribution >= 0.6 is 0 Å². The van der Waals surface area contributed by atoms with Gasteiger partial charge in [0.05, 0.1) is 5.60 Å². The first-order valence-electron chi connectivity index (χ1n) is 7.87. The molecule has 0 saturated carbocycles. The smallest absolute Gasteiger partial charge is 0.0670 e. The number of aliphatic hydroxyl groups is 1. The van der Waals surface area contributed by atoms with Crippen molar-refractivity contribution in [2.75, 3.05) is 0 Å². The summed E-state index contributed by atoms with van der Waals surface area (Å²) in [4.78, 5) is 0. The highest BCUT2D eigenvalue weighted by Gasteiger charge is 2.44. The zero-order valence-corrected chi connectivity index (χ0v) is 12.8. The minimum Gasteiger partial charge on any atom is -0.390 e. The van der Waals surface area contributed by atoms with E-state index in [9.17, 15) is 9.32 Å². The van der Waals surface area contributed by atoms with E-state index in [2.05, 4.69) is 6.58 Å². The third kappa shape index (κ3) is 4.16. The molecule has 0 aromatic heterocycles. The molecule has 2 nitrogen and oxygen atoms in total. The molecule has 0 amide bonds. The van der Waals surface area contributed by atoms with Gasteiger partial charge in [-0.25, -0.2) is 0 Å². The fourth-order valence-corrected chi connectivity index (χ4v) is 5.97. The molecule has 2 aliphatic rings. The second-order valence-corrected chi connectivity index (χ2v) is 8.37. The van der Waals surface area contributed by atoms with Crippen molar-refractivity contribution in [1.29, 1.82) is 0 Å². The fraction of sp³-hybridized carbons (Fsp3) is 0.875. The van der Waals surface area contributed by atoms with Gasteiger partial charge >= 0.3 is 0 Å². The molecule has 2 fully saturated rings. The molecule has 2 rings (SSSR count). The van der Waals surface area contributed by atoms with E-state index in [0.29, 0.717) is 0 Å². The SMILES string of the molecule is C=CCCCCCCC1(O)CC2CCCC(C1)S2=O. The third-order valence-corrected chi connectivity index (χ3v) is 6.84. The predicted molar refractivity (Wildman–Crippen MR) is 81.7 cm³/mol. The van der Waals surface area contributed by atoms with E-state index in [4.69, 9.17) is 0 Å². The van der Waals surface area contributed by atoms with Crippen LogP contribution in [0.25, 0.3) is 0 Å². The van der Waals surface area contributed by atoms with Gasteiger partial charge in [0.15, 0.2) is 0 Å². The summed E-state index contributed by atoms with van der Waals surface area (Å²) in [6, 6.07) is 0. The minimum atomic E-state index is -0.665. The zero-order chi connectivity index (χ0) is 13.7. The lowest BCUT2D eigenvalue weighted by atomic mass is 9.82. The Balaban J connectivity index is 1.73. The number of hydrogen-bond donors (Lipinski definition) is 1. The summed E-state index contributed by atoms with van der Waals surface area (Å²) in [6.07, 6.45) is 13.6. The topological polar surface area (TPSA) is 37.3 Å². The van der Waals surface area contributed by atoms with Crippen LogP contribution in [-0.2, 0) is 10.8 Å². The lowest BCUT2D eigenvalue weighted by Crippen LogP contribution is -2.48. The lowest BCUT2D eigenvalue weighted by molar-refractivity contribution is 0.000882. The van der Waals surface area contributed by atoms with Gasteiger partial charge in [-0.1, -0.05) is 31.8 Å². The maximum Gasteiger partial charge on any atom is 0.0670 e. The summed E-state index contributed by atoms with van der Waals surface area (Å²) < 4.78 is 12.1. The molecule has 2 heterocycles. The number of rotatable bonds is 7. The first-order chi connectivity index (χ1) is 9.14. The van der Waals surface area contributed by atoms with Gasteiger partial charge in [-0.05, 0) is 44.9 Å². The van der Waals surface area contributed by atoms with Gasteiger partial charge in [0.25, 0.3) is 0 Å². The zero-order valence-electron chi connectivity index (χ0n) is 12.0. The highest BCUT2D eigenvalue weighted by Crippen LogP contribution is 2.41. The monoisotopic (exact) mass is 284 g/mol. The van der Waals surface area contributed by atoms with E-state index in [1.165, 1.54) is 25.7 Å². The van der Waals surface area contributed by atoms with Crippen LogP contribution < -0.4 is 0 Å². The molecule has 110 valence electrons. The molecule has 2 bridgehead atoms. The average molecular weight is 284 g/mol. The van der Waals surface area contributed by atoms with Gasteiger partial charge in [0.2, 0.25) is 0 Å². The fourth-order valence-electron chi connectivity index (χ4n) is 3.68. The number of unbranched alkanes of at least 4 members (excludes halogenated alkanes) is 4. The summed E-state index contributed by atoms with van der Waals surface area (Å²) in [5.74, 6) is 0. The summed E-state index contributed by atoms with van der Waals surface area (Å²) >= 11 is 0. The highest BCUT2D eigenvalue weighted by molar-refractivity contribution is 7.86. The highest BCUT2D eigenvalue weighted by atomic mass is 32.2. The van der Waals surface area contributed by atoms with E-state index in [0.717, 1.165) is 44.9 Å². The largest absolute Gasteiger partial charge is 0.390 e. The summed E-state index contributed by atoms with van der Waals surface area (Å²) in [5, 5.41) is 11.3. The summed E-state index contributed by atoms with van der Waals surface area (Å²) in [5.41, 5.74) is -0.512. The molecule has 2 saturated heterocycles. The first-order valence-corrected chi connectivity index (χ1v) is 9.15. The van der Waals surface area contributed by atoms with Gasteiger partial charge < -0.3 is 5.11 Å². The molecular formula is C16H28O2S. The Bertz CT molecular complexity index is 311. The van der Waals surface area contributed by atoms with Gasteiger partial charge in [-0.2, -0.15) is 0 Å². The van der Waals surface area contributed by atoms with Crippen LogP contribution in [0.1, 0.15) is 70.6 Å². The predicted octanol–water partition coefficient (Wildman–Crippen LogP) is 3.71. The molecule has 0 aromatic rings. The van der Waals surface area contributed by atoms with Crippen LogP contribution in [-0.4, -0.2) is 25.4 Å². The second-order valence-electron chi connectivity index (χ2n) is 6.38. The maximum absolute atomic E-state index is 12.1. The Morgan fingerprint density at radius 1 is 1.16 bits per heavy atom. The van der Waals surface area contributed by atoms with Crippen LogP contribution in [0.5, 0.6) is 0 Å². The molecule has 2 atom stereocenters. The van der Waals surface area contributed by atoms with Crippen molar-refractivity contribution >= 4 is 10.8 Å². The molecule has 0 aromatic carbocycles. The molecule has 19 heavy (non-hydrogen) atoms. The molecule has 0 aliphatic carbocycles. The van der Waals surface area contributed by atoms with Crippen LogP contribution in [0.15, 0.2) is 12.7 Å². The van der Waals surface area contributed by atoms with Crippen molar-refractivity contribution in [2.24, 2.45) is 0 Å². The molecule has 0 spiro atoms. The van der Waals surface area contributed by atoms with E-state index in [1.54, 1.807) is 0 Å². The summed E-state index contributed by atoms with van der Waals surface area (Å²) in [7, 11) is -0.665. The van der Waals surface area contributed by atoms with E-state index in [1.807, 2.05) is 6.08 Å². The van der Waals surface area contributed by atoms with Crippen LogP contribution in [0.3, 0.4) is 0 Å². The van der Waals surface area contributed by atoms with E-state index in [-0.39, 0.29) is 10.5 Å². The standard InChI is InChI=1S/C16H28O2S/c1-2-3-4-5-6-7-11-16(17)12-14-9-8-10-15(13-16)19(14)18/h2,14-15,17H,1,3-13H2. The maximum atomic E-state index is 12.1. The van der Waals surface area contributed by atoms with Crippen molar-refractivity contribution in [3.05, 3.63) is 12.7 Å². The molecule has 1 N–H and O–H groups in total.